The molecule has 94 valence electrons. The lowest BCUT2D eigenvalue weighted by atomic mass is 10.0. The van der Waals surface area contributed by atoms with E-state index in [0.717, 1.165) is 17.0 Å². The molecule has 0 atom stereocenters. The van der Waals surface area contributed by atoms with Gasteiger partial charge in [0.05, 0.1) is 11.1 Å². The molecule has 0 radical (unpaired) electrons. The maximum atomic E-state index is 14.1. The summed E-state index contributed by atoms with van der Waals surface area (Å²) < 4.78 is 14.1. The zero-order chi connectivity index (χ0) is 13.6. The van der Waals surface area contributed by atoms with Crippen molar-refractivity contribution in [2.75, 3.05) is 0 Å². The molecule has 0 saturated carbocycles. The van der Waals surface area contributed by atoms with Crippen LogP contribution >= 0.6 is 0 Å². The summed E-state index contributed by atoms with van der Waals surface area (Å²) >= 11 is 0. The summed E-state index contributed by atoms with van der Waals surface area (Å²) in [6.07, 6.45) is 1.45. The molecular weight excluding hydrogens is 243 g/mol. The Kier molecular flexibility index (Phi) is 2.38. The number of H-pyrrole nitrogens is 1. The van der Waals surface area contributed by atoms with Crippen LogP contribution in [0.1, 0.15) is 15.9 Å². The third-order valence-electron chi connectivity index (χ3n) is 3.24. The van der Waals surface area contributed by atoms with Gasteiger partial charge in [0.1, 0.15) is 5.82 Å². The lowest BCUT2D eigenvalue weighted by Crippen LogP contribution is -2.12. The van der Waals surface area contributed by atoms with Crippen LogP contribution in [0.5, 0.6) is 0 Å². The maximum absolute atomic E-state index is 14.1. The molecule has 0 aliphatic rings. The largest absolute Gasteiger partial charge is 0.366 e. The minimum Gasteiger partial charge on any atom is -0.366 e. The number of nitrogens with one attached hydrogen (secondary N) is 1. The van der Waals surface area contributed by atoms with E-state index >= 15 is 0 Å². The van der Waals surface area contributed by atoms with Crippen molar-refractivity contribution in [3.63, 3.8) is 0 Å². The van der Waals surface area contributed by atoms with Crippen molar-refractivity contribution in [3.8, 4) is 0 Å². The molecule has 19 heavy (non-hydrogen) atoms. The van der Waals surface area contributed by atoms with Gasteiger partial charge in [-0.25, -0.2) is 4.39 Å². The number of amides is 1. The Balaban J connectivity index is 2.63. The van der Waals surface area contributed by atoms with Crippen molar-refractivity contribution in [1.82, 2.24) is 4.98 Å². The second kappa shape index (κ2) is 3.95. The fraction of sp³-hybridized carbons (Fsp3) is 0. The monoisotopic (exact) mass is 254 g/mol. The first-order chi connectivity index (χ1) is 9.13. The van der Waals surface area contributed by atoms with E-state index in [0.29, 0.717) is 16.5 Å². The van der Waals surface area contributed by atoms with Crippen LogP contribution in [0, 0.1) is 5.82 Å². The number of hydrogen-bond acceptors (Lipinski definition) is 1. The average Bonchev–Trinajstić information content (AvgIpc) is 2.77. The first-order valence-corrected chi connectivity index (χ1v) is 5.78. The summed E-state index contributed by atoms with van der Waals surface area (Å²) in [6, 6.07) is 8.61. The quantitative estimate of drug-likeness (QED) is 0.724. The van der Waals surface area contributed by atoms with Crippen LogP contribution in [-0.2, 0) is 0 Å². The molecule has 3 N–H and O–H groups in total. The van der Waals surface area contributed by atoms with E-state index < -0.39 is 11.7 Å². The summed E-state index contributed by atoms with van der Waals surface area (Å²) in [5.74, 6) is -1.16. The third-order valence-corrected chi connectivity index (χ3v) is 3.24. The van der Waals surface area contributed by atoms with Gasteiger partial charge in [-0.3, -0.25) is 4.79 Å². The van der Waals surface area contributed by atoms with Crippen LogP contribution in [0.2, 0.25) is 0 Å². The summed E-state index contributed by atoms with van der Waals surface area (Å²) in [4.78, 5) is 14.6. The molecule has 0 bridgehead atoms. The Hall–Kier alpha value is -2.62. The van der Waals surface area contributed by atoms with E-state index in [9.17, 15) is 9.18 Å². The van der Waals surface area contributed by atoms with Crippen molar-refractivity contribution in [2.45, 2.75) is 0 Å². The normalized spacial score (nSPS) is 11.0. The van der Waals surface area contributed by atoms with Gasteiger partial charge in [-0.2, -0.15) is 0 Å². The van der Waals surface area contributed by atoms with Gasteiger partial charge in [-0.15, -0.1) is 0 Å². The van der Waals surface area contributed by atoms with E-state index in [1.807, 2.05) is 24.3 Å². The van der Waals surface area contributed by atoms with Crippen LogP contribution in [0.3, 0.4) is 0 Å². The first kappa shape index (κ1) is 11.5. The molecule has 0 saturated heterocycles. The molecule has 0 fully saturated rings. The molecule has 0 aliphatic carbocycles. The van der Waals surface area contributed by atoms with E-state index in [2.05, 4.69) is 11.6 Å². The van der Waals surface area contributed by atoms with Crippen molar-refractivity contribution < 1.29 is 9.18 Å². The standard InChI is InChI=1S/C15H11FN2O/c1-2-8-11(16)7-10(15(17)19)14-13(8)9-5-3-4-6-12(9)18-14/h2-7,18H,1H2,(H2,17,19). The molecule has 2 aromatic carbocycles. The van der Waals surface area contributed by atoms with Crippen molar-refractivity contribution in [3.05, 3.63) is 53.9 Å². The molecule has 3 rings (SSSR count). The zero-order valence-electron chi connectivity index (χ0n) is 10.0. The predicted octanol–water partition coefficient (Wildman–Crippen LogP) is 3.20. The Bertz CT molecular complexity index is 833. The van der Waals surface area contributed by atoms with E-state index in [4.69, 9.17) is 5.73 Å². The summed E-state index contributed by atoms with van der Waals surface area (Å²) in [5.41, 5.74) is 7.20. The molecule has 0 unspecified atom stereocenters. The Labute approximate surface area is 108 Å². The molecule has 1 heterocycles. The zero-order valence-corrected chi connectivity index (χ0v) is 10.0. The van der Waals surface area contributed by atoms with Crippen molar-refractivity contribution >= 4 is 33.8 Å². The Morgan fingerprint density at radius 1 is 1.37 bits per heavy atom. The smallest absolute Gasteiger partial charge is 0.250 e. The molecule has 3 nitrogen and oxygen atoms in total. The lowest BCUT2D eigenvalue weighted by molar-refractivity contribution is 0.100. The van der Waals surface area contributed by atoms with Crippen LogP contribution in [0.15, 0.2) is 36.9 Å². The number of halogens is 1. The highest BCUT2D eigenvalue weighted by Gasteiger charge is 2.17. The number of benzene rings is 2. The SMILES string of the molecule is C=Cc1c(F)cc(C(N)=O)c2[nH]c3ccccc3c12. The fourth-order valence-corrected chi connectivity index (χ4v) is 2.41. The number of primary amides is 1. The minimum absolute atomic E-state index is 0.147. The number of nitrogens with two attached hydrogens (primary N) is 1. The van der Waals surface area contributed by atoms with E-state index in [1.54, 1.807) is 0 Å². The van der Waals surface area contributed by atoms with Gasteiger partial charge in [-0.1, -0.05) is 30.9 Å². The van der Waals surface area contributed by atoms with Gasteiger partial charge in [0.2, 0.25) is 0 Å². The number of para-hydroxylation sites is 1. The predicted molar refractivity (Wildman–Crippen MR) is 74.4 cm³/mol. The van der Waals surface area contributed by atoms with Crippen molar-refractivity contribution in [1.29, 1.82) is 0 Å². The number of hydrogen-bond donors (Lipinski definition) is 2. The maximum Gasteiger partial charge on any atom is 0.250 e. The first-order valence-electron chi connectivity index (χ1n) is 5.78. The lowest BCUT2D eigenvalue weighted by Gasteiger charge is -2.04. The number of aromatic amines is 1. The van der Waals surface area contributed by atoms with Gasteiger partial charge in [0.25, 0.3) is 5.91 Å². The fourth-order valence-electron chi connectivity index (χ4n) is 2.41. The van der Waals surface area contributed by atoms with Gasteiger partial charge in [0.15, 0.2) is 0 Å². The number of rotatable bonds is 2. The van der Waals surface area contributed by atoms with E-state index in [1.165, 1.54) is 6.08 Å². The highest BCUT2D eigenvalue weighted by molar-refractivity contribution is 6.17. The topological polar surface area (TPSA) is 58.9 Å². The number of aromatic nitrogens is 1. The number of carbonyl (C=O) groups excluding carboxylic acids is 1. The Morgan fingerprint density at radius 2 is 2.11 bits per heavy atom. The van der Waals surface area contributed by atoms with Crippen LogP contribution < -0.4 is 5.73 Å². The number of fused-ring (bicyclic) bond motifs is 3. The molecule has 3 aromatic rings. The third kappa shape index (κ3) is 1.53. The Morgan fingerprint density at radius 3 is 2.79 bits per heavy atom. The minimum atomic E-state index is -0.661. The van der Waals surface area contributed by atoms with Gasteiger partial charge < -0.3 is 10.7 Å². The number of carbonyl (C=O) groups is 1. The average molecular weight is 254 g/mol. The van der Waals surface area contributed by atoms with E-state index in [-0.39, 0.29) is 5.56 Å². The molecule has 0 aliphatic heterocycles. The molecule has 1 amide bonds. The second-order valence-electron chi connectivity index (χ2n) is 4.31. The molecule has 4 heteroatoms. The van der Waals surface area contributed by atoms with Crippen molar-refractivity contribution in [2.24, 2.45) is 5.73 Å². The summed E-state index contributed by atoms with van der Waals surface area (Å²) in [6.45, 7) is 3.63. The van der Waals surface area contributed by atoms with Crippen LogP contribution in [0.4, 0.5) is 4.39 Å². The van der Waals surface area contributed by atoms with Crippen LogP contribution in [0.25, 0.3) is 27.9 Å². The molecule has 1 aromatic heterocycles. The highest BCUT2D eigenvalue weighted by atomic mass is 19.1. The second-order valence-corrected chi connectivity index (χ2v) is 4.31. The van der Waals surface area contributed by atoms with Gasteiger partial charge >= 0.3 is 0 Å². The summed E-state index contributed by atoms with van der Waals surface area (Å²) in [5, 5.41) is 1.48. The molecular formula is C15H11FN2O. The van der Waals surface area contributed by atoms with Gasteiger partial charge in [0, 0.05) is 21.9 Å². The van der Waals surface area contributed by atoms with Crippen LogP contribution in [-0.4, -0.2) is 10.9 Å². The highest BCUT2D eigenvalue weighted by Crippen LogP contribution is 2.32. The summed E-state index contributed by atoms with van der Waals surface area (Å²) in [7, 11) is 0. The van der Waals surface area contributed by atoms with Gasteiger partial charge in [-0.05, 0) is 12.1 Å². The molecule has 0 spiro atoms.